The number of rotatable bonds is 0. The molecule has 16 heavy (non-hydrogen) atoms. The molecule has 3 rings (SSSR count). The fourth-order valence-corrected chi connectivity index (χ4v) is 2.82. The van der Waals surface area contributed by atoms with Crippen molar-refractivity contribution >= 4 is 15.7 Å². The fourth-order valence-electron chi connectivity index (χ4n) is 2.82. The first-order valence-electron chi connectivity index (χ1n) is 5.82. The van der Waals surface area contributed by atoms with Crippen LogP contribution in [-0.2, 0) is 5.21 Å². The normalized spacial score (nSPS) is 15.6. The average Bonchev–Trinajstić information content (AvgIpc) is 2.49. The van der Waals surface area contributed by atoms with E-state index in [4.69, 9.17) is 0 Å². The molecule has 2 heteroatoms. The van der Waals surface area contributed by atoms with Crippen molar-refractivity contribution < 1.29 is 0 Å². The molecule has 76 valence electrons. The maximum absolute atomic E-state index is 2.33. The van der Waals surface area contributed by atoms with Gasteiger partial charge in [0, 0.05) is 0 Å². The zero-order valence-electron chi connectivity index (χ0n) is 10.0. The van der Waals surface area contributed by atoms with Crippen molar-refractivity contribution in [2.45, 2.75) is 12.1 Å². The maximum Gasteiger partial charge on any atom is 0.110 e. The predicted molar refractivity (Wildman–Crippen MR) is 74.5 cm³/mol. The first-order valence-corrected chi connectivity index (χ1v) is 5.82. The monoisotopic (exact) mass is 204 g/mol. The molecule has 0 bridgehead atoms. The third-order valence-electron chi connectivity index (χ3n) is 3.74. The van der Waals surface area contributed by atoms with Crippen LogP contribution in [-0.4, -0.2) is 15.7 Å². The topological polar surface area (TPSA) is 0 Å². The zero-order chi connectivity index (χ0) is 11.3. The summed E-state index contributed by atoms with van der Waals surface area (Å²) in [5.41, 5.74) is 7.08. The molecule has 0 fully saturated rings. The largest absolute Gasteiger partial charge is 0.110 e. The van der Waals surface area contributed by atoms with Gasteiger partial charge in [-0.2, -0.15) is 0 Å². The first-order chi connectivity index (χ1) is 7.60. The van der Waals surface area contributed by atoms with Crippen LogP contribution in [0, 0.1) is 6.92 Å². The van der Waals surface area contributed by atoms with Crippen LogP contribution in [0.15, 0.2) is 42.5 Å². The van der Waals surface area contributed by atoms with Crippen molar-refractivity contribution in [2.24, 2.45) is 0 Å². The van der Waals surface area contributed by atoms with Gasteiger partial charge in [0.15, 0.2) is 0 Å². The fraction of sp³-hybridized carbons (Fsp3) is 0.143. The lowest BCUT2D eigenvalue weighted by Gasteiger charge is -2.21. The van der Waals surface area contributed by atoms with Gasteiger partial charge in [-0.25, -0.2) is 0 Å². The molecule has 0 saturated heterocycles. The van der Waals surface area contributed by atoms with Gasteiger partial charge < -0.3 is 0 Å². The molecular formula is C14H14B2. The van der Waals surface area contributed by atoms with Gasteiger partial charge in [0.25, 0.3) is 0 Å². The van der Waals surface area contributed by atoms with Gasteiger partial charge >= 0.3 is 0 Å². The van der Waals surface area contributed by atoms with Crippen LogP contribution in [0.2, 0.25) is 0 Å². The molecule has 0 amide bonds. The molecule has 1 aliphatic carbocycles. The van der Waals surface area contributed by atoms with Crippen LogP contribution in [0.3, 0.4) is 0 Å². The van der Waals surface area contributed by atoms with Gasteiger partial charge in [0.2, 0.25) is 0 Å². The summed E-state index contributed by atoms with van der Waals surface area (Å²) in [4.78, 5) is 0. The highest BCUT2D eigenvalue weighted by molar-refractivity contribution is 6.44. The van der Waals surface area contributed by atoms with Gasteiger partial charge in [0.1, 0.15) is 15.7 Å². The van der Waals surface area contributed by atoms with E-state index in [0.717, 1.165) is 0 Å². The third-order valence-corrected chi connectivity index (χ3v) is 3.74. The smallest absolute Gasteiger partial charge is 0.0620 e. The molecule has 0 unspecified atom stereocenters. The molecule has 0 saturated carbocycles. The summed E-state index contributed by atoms with van der Waals surface area (Å²) >= 11 is 0. The van der Waals surface area contributed by atoms with Crippen molar-refractivity contribution in [1.29, 1.82) is 0 Å². The zero-order valence-corrected chi connectivity index (χ0v) is 10.0. The van der Waals surface area contributed by atoms with Crippen LogP contribution in [0.1, 0.15) is 16.7 Å². The van der Waals surface area contributed by atoms with Crippen LogP contribution < -0.4 is 0 Å². The van der Waals surface area contributed by atoms with Crippen LogP contribution in [0.25, 0.3) is 11.1 Å². The summed E-state index contributed by atoms with van der Waals surface area (Å²) < 4.78 is 0. The minimum Gasteiger partial charge on any atom is -0.0620 e. The Bertz CT molecular complexity index is 571. The Labute approximate surface area is 98.5 Å². The molecule has 0 aromatic heterocycles. The molecule has 0 radical (unpaired) electrons. The molecule has 0 atom stereocenters. The average molecular weight is 204 g/mol. The Balaban J connectivity index is 2.39. The number of hydrogen-bond acceptors (Lipinski definition) is 0. The van der Waals surface area contributed by atoms with E-state index in [9.17, 15) is 0 Å². The van der Waals surface area contributed by atoms with E-state index in [1.165, 1.54) is 27.8 Å². The quantitative estimate of drug-likeness (QED) is 0.569. The Morgan fingerprint density at radius 2 is 1.56 bits per heavy atom. The summed E-state index contributed by atoms with van der Waals surface area (Å²) in [7, 11) is 4.63. The highest BCUT2D eigenvalue weighted by atomic mass is 14.3. The second-order valence-electron chi connectivity index (χ2n) is 5.22. The lowest BCUT2D eigenvalue weighted by atomic mass is 9.49. The number of hydrogen-bond donors (Lipinski definition) is 0. The number of aryl methyl sites for hydroxylation is 1. The Morgan fingerprint density at radius 3 is 2.38 bits per heavy atom. The first kappa shape index (κ1) is 9.77. The van der Waals surface area contributed by atoms with Gasteiger partial charge in [0.05, 0.1) is 0 Å². The third kappa shape index (κ3) is 1.13. The van der Waals surface area contributed by atoms with Crippen molar-refractivity contribution in [3.8, 4) is 11.1 Å². The van der Waals surface area contributed by atoms with Gasteiger partial charge in [-0.15, -0.1) is 0 Å². The van der Waals surface area contributed by atoms with Crippen LogP contribution >= 0.6 is 0 Å². The molecule has 0 spiro atoms. The molecular weight excluding hydrogens is 190 g/mol. The lowest BCUT2D eigenvalue weighted by molar-refractivity contribution is 1.08. The van der Waals surface area contributed by atoms with Crippen molar-refractivity contribution in [2.75, 3.05) is 0 Å². The van der Waals surface area contributed by atoms with Gasteiger partial charge in [-0.3, -0.25) is 0 Å². The van der Waals surface area contributed by atoms with E-state index in [2.05, 4.69) is 65.1 Å². The number of benzene rings is 2. The lowest BCUT2D eigenvalue weighted by Crippen LogP contribution is -2.25. The minimum atomic E-state index is 0.151. The van der Waals surface area contributed by atoms with Gasteiger partial charge in [-0.05, 0) is 34.4 Å². The SMILES string of the molecule is BC1(B)c2ccccc2-c2ccc(C)cc21. The Morgan fingerprint density at radius 1 is 0.875 bits per heavy atom. The van der Waals surface area contributed by atoms with E-state index in [-0.39, 0.29) is 5.21 Å². The summed E-state index contributed by atoms with van der Waals surface area (Å²) in [5.74, 6) is 0. The van der Waals surface area contributed by atoms with E-state index >= 15 is 0 Å². The van der Waals surface area contributed by atoms with Crippen LogP contribution in [0.5, 0.6) is 0 Å². The van der Waals surface area contributed by atoms with E-state index in [1.54, 1.807) is 0 Å². The Hall–Kier alpha value is -1.43. The van der Waals surface area contributed by atoms with Crippen molar-refractivity contribution in [1.82, 2.24) is 0 Å². The molecule has 2 aromatic rings. The molecule has 0 aliphatic heterocycles. The molecule has 1 aliphatic rings. The van der Waals surface area contributed by atoms with Crippen LogP contribution in [0.4, 0.5) is 0 Å². The summed E-state index contributed by atoms with van der Waals surface area (Å²) in [5, 5.41) is 0.151. The van der Waals surface area contributed by atoms with Crippen molar-refractivity contribution in [3.63, 3.8) is 0 Å². The molecule has 0 nitrogen and oxygen atoms in total. The van der Waals surface area contributed by atoms with E-state index in [0.29, 0.717) is 0 Å². The van der Waals surface area contributed by atoms with Gasteiger partial charge in [-0.1, -0.05) is 48.0 Å². The second kappa shape index (κ2) is 3.04. The summed E-state index contributed by atoms with van der Waals surface area (Å²) in [6.07, 6.45) is 0. The molecule has 0 heterocycles. The van der Waals surface area contributed by atoms with Crippen molar-refractivity contribution in [3.05, 3.63) is 59.2 Å². The highest BCUT2D eigenvalue weighted by Gasteiger charge is 2.34. The predicted octanol–water partition coefficient (Wildman–Crippen LogP) is 1.44. The minimum absolute atomic E-state index is 0.151. The Kier molecular flexibility index (Phi) is 1.85. The summed E-state index contributed by atoms with van der Waals surface area (Å²) in [6, 6.07) is 15.6. The number of fused-ring (bicyclic) bond motifs is 3. The molecule has 2 aromatic carbocycles. The highest BCUT2D eigenvalue weighted by Crippen LogP contribution is 2.45. The standard InChI is InChI=1S/C14H14B2/c1-9-6-7-11-10-4-2-3-5-12(10)14(15,16)13(11)8-9/h2-8H,15-16H2,1H3. The molecule has 0 N–H and O–H groups in total. The maximum atomic E-state index is 2.33. The van der Waals surface area contributed by atoms with E-state index < -0.39 is 0 Å². The summed E-state index contributed by atoms with van der Waals surface area (Å²) in [6.45, 7) is 2.17. The second-order valence-corrected chi connectivity index (χ2v) is 5.22. The van der Waals surface area contributed by atoms with E-state index in [1.807, 2.05) is 0 Å².